The van der Waals surface area contributed by atoms with Crippen LogP contribution < -0.4 is 9.47 Å². The van der Waals surface area contributed by atoms with Crippen molar-refractivity contribution in [2.24, 2.45) is 5.92 Å². The van der Waals surface area contributed by atoms with Crippen molar-refractivity contribution in [2.75, 3.05) is 13.7 Å². The lowest BCUT2D eigenvalue weighted by Crippen LogP contribution is -2.36. The lowest BCUT2D eigenvalue weighted by atomic mass is 9.75. The van der Waals surface area contributed by atoms with E-state index in [1.54, 1.807) is 12.1 Å². The summed E-state index contributed by atoms with van der Waals surface area (Å²) in [6.45, 7) is 7.84. The van der Waals surface area contributed by atoms with Gasteiger partial charge in [-0.25, -0.2) is 4.79 Å². The number of rotatable bonds is 8. The molecule has 1 N–H and O–H groups in total. The van der Waals surface area contributed by atoms with E-state index >= 15 is 0 Å². The second-order valence-electron chi connectivity index (χ2n) is 7.92. The Bertz CT molecular complexity index is 927. The van der Waals surface area contributed by atoms with Crippen molar-refractivity contribution in [3.8, 4) is 11.5 Å². The van der Waals surface area contributed by atoms with Gasteiger partial charge in [0.15, 0.2) is 18.1 Å². The molecule has 0 unspecified atom stereocenters. The van der Waals surface area contributed by atoms with E-state index in [0.717, 1.165) is 18.4 Å². The number of carboxylic acids is 1. The highest BCUT2D eigenvalue weighted by atomic mass is 35.5. The van der Waals surface area contributed by atoms with Gasteiger partial charge >= 0.3 is 5.97 Å². The number of hydrogen-bond donors (Lipinski definition) is 1. The summed E-state index contributed by atoms with van der Waals surface area (Å²) in [6, 6.07) is 13.8. The highest BCUT2D eigenvalue weighted by molar-refractivity contribution is 6.30. The van der Waals surface area contributed by atoms with Gasteiger partial charge in [0.05, 0.1) is 19.3 Å². The molecule has 166 valence electrons. The van der Waals surface area contributed by atoms with Crippen molar-refractivity contribution in [3.05, 3.63) is 70.8 Å². The average molecular weight is 445 g/mol. The molecule has 5 nitrogen and oxygen atoms in total. The normalized spacial score (nSPS) is 23.2. The van der Waals surface area contributed by atoms with Crippen molar-refractivity contribution >= 4 is 17.6 Å². The smallest absolute Gasteiger partial charge is 0.341 e. The largest absolute Gasteiger partial charge is 0.493 e. The van der Waals surface area contributed by atoms with Crippen LogP contribution in [0, 0.1) is 5.92 Å². The second-order valence-corrected chi connectivity index (χ2v) is 8.35. The fourth-order valence-electron chi connectivity index (χ4n) is 4.35. The van der Waals surface area contributed by atoms with Crippen molar-refractivity contribution in [1.29, 1.82) is 0 Å². The van der Waals surface area contributed by atoms with Crippen molar-refractivity contribution < 1.29 is 24.1 Å². The number of halogens is 1. The summed E-state index contributed by atoms with van der Waals surface area (Å²) < 4.78 is 17.8. The maximum absolute atomic E-state index is 11.2. The molecule has 0 aliphatic carbocycles. The molecule has 1 fully saturated rings. The molecule has 31 heavy (non-hydrogen) atoms. The van der Waals surface area contributed by atoms with Gasteiger partial charge in [-0.1, -0.05) is 61.0 Å². The van der Waals surface area contributed by atoms with Crippen molar-refractivity contribution in [3.63, 3.8) is 0 Å². The minimum atomic E-state index is -1.07. The number of methoxy groups -OCH3 is 1. The molecule has 4 atom stereocenters. The van der Waals surface area contributed by atoms with E-state index < -0.39 is 12.6 Å². The summed E-state index contributed by atoms with van der Waals surface area (Å²) in [5.74, 6) is -0.110. The zero-order valence-electron chi connectivity index (χ0n) is 18.1. The van der Waals surface area contributed by atoms with Gasteiger partial charge in [0.2, 0.25) is 0 Å². The molecular weight excluding hydrogens is 416 g/mol. The summed E-state index contributed by atoms with van der Waals surface area (Å²) in [6.07, 6.45) is 1.30. The Balaban J connectivity index is 2.05. The standard InChI is InChI=1S/C25H29ClO5/c1-5-21-19(16-9-7-6-8-10-16)13-18(15(2)3)24(31-21)20-11-17(26)12-22(29-4)25(20)30-14-23(27)28/h6-12,18-19,21,24H,2,5,13-14H2,1,3-4H3,(H,27,28)/t18-,19-,21+,24+/m1/s1. The van der Waals surface area contributed by atoms with Gasteiger partial charge in [-0.15, -0.1) is 0 Å². The molecule has 0 radical (unpaired) electrons. The van der Waals surface area contributed by atoms with E-state index in [2.05, 4.69) is 25.6 Å². The minimum absolute atomic E-state index is 0.00311. The highest BCUT2D eigenvalue weighted by Crippen LogP contribution is 2.50. The number of benzene rings is 2. The highest BCUT2D eigenvalue weighted by Gasteiger charge is 2.40. The van der Waals surface area contributed by atoms with Crippen molar-refractivity contribution in [2.45, 2.75) is 44.8 Å². The molecule has 0 bridgehead atoms. The zero-order chi connectivity index (χ0) is 22.5. The van der Waals surface area contributed by atoms with Crippen LogP contribution >= 0.6 is 11.6 Å². The third kappa shape index (κ3) is 5.23. The summed E-state index contributed by atoms with van der Waals surface area (Å²) in [4.78, 5) is 11.2. The lowest BCUT2D eigenvalue weighted by Gasteiger charge is -2.43. The van der Waals surface area contributed by atoms with Crippen LogP contribution in [-0.4, -0.2) is 30.9 Å². The number of ether oxygens (including phenoxy) is 3. The van der Waals surface area contributed by atoms with E-state index in [0.29, 0.717) is 22.1 Å². The van der Waals surface area contributed by atoms with Crippen molar-refractivity contribution in [1.82, 2.24) is 0 Å². The quantitative estimate of drug-likeness (QED) is 0.503. The van der Waals surface area contributed by atoms with Gasteiger partial charge < -0.3 is 19.3 Å². The summed E-state index contributed by atoms with van der Waals surface area (Å²) in [5.41, 5.74) is 2.91. The molecule has 3 rings (SSSR count). The van der Waals surface area contributed by atoms with E-state index in [9.17, 15) is 4.79 Å². The molecule has 1 aliphatic rings. The number of aliphatic carboxylic acids is 1. The molecule has 0 amide bonds. The molecule has 2 aromatic carbocycles. The van der Waals surface area contributed by atoms with E-state index in [1.165, 1.54) is 12.7 Å². The SMILES string of the molecule is C=C(C)[C@H]1C[C@H](c2ccccc2)[C@H](CC)O[C@@H]1c1cc(Cl)cc(OC)c1OCC(=O)O. The fraction of sp³-hybridized carbons (Fsp3) is 0.400. The Hall–Kier alpha value is -2.50. The number of hydrogen-bond acceptors (Lipinski definition) is 4. The molecule has 0 saturated carbocycles. The van der Waals surface area contributed by atoms with Crippen LogP contribution in [0.4, 0.5) is 0 Å². The molecule has 0 aromatic heterocycles. The molecule has 0 spiro atoms. The van der Waals surface area contributed by atoms with Gasteiger partial charge in [-0.05, 0) is 31.4 Å². The molecular formula is C25H29ClO5. The summed E-state index contributed by atoms with van der Waals surface area (Å²) >= 11 is 6.37. The monoisotopic (exact) mass is 444 g/mol. The Kier molecular flexibility index (Phi) is 7.63. The second kappa shape index (κ2) is 10.2. The van der Waals surface area contributed by atoms with Gasteiger partial charge in [0.1, 0.15) is 0 Å². The van der Waals surface area contributed by atoms with Crippen LogP contribution in [0.2, 0.25) is 5.02 Å². The zero-order valence-corrected chi connectivity index (χ0v) is 18.9. The van der Waals surface area contributed by atoms with Crippen LogP contribution in [0.25, 0.3) is 0 Å². The lowest BCUT2D eigenvalue weighted by molar-refractivity contribution is -0.139. The van der Waals surface area contributed by atoms with Gasteiger partial charge in [0.25, 0.3) is 0 Å². The van der Waals surface area contributed by atoms with Crippen LogP contribution in [0.3, 0.4) is 0 Å². The topological polar surface area (TPSA) is 65.0 Å². The predicted molar refractivity (Wildman–Crippen MR) is 121 cm³/mol. The third-order valence-electron chi connectivity index (χ3n) is 5.82. The van der Waals surface area contributed by atoms with E-state index in [4.69, 9.17) is 30.9 Å². The summed E-state index contributed by atoms with van der Waals surface area (Å²) in [5, 5.41) is 9.61. The predicted octanol–water partition coefficient (Wildman–Crippen LogP) is 6.03. The third-order valence-corrected chi connectivity index (χ3v) is 6.04. The maximum atomic E-state index is 11.2. The average Bonchev–Trinajstić information content (AvgIpc) is 2.77. The Morgan fingerprint density at radius 3 is 2.58 bits per heavy atom. The molecule has 1 saturated heterocycles. The maximum Gasteiger partial charge on any atom is 0.341 e. The van der Waals surface area contributed by atoms with Crippen LogP contribution in [-0.2, 0) is 9.53 Å². The van der Waals surface area contributed by atoms with E-state index in [-0.39, 0.29) is 24.0 Å². The van der Waals surface area contributed by atoms with Crippen LogP contribution in [0.15, 0.2) is 54.6 Å². The number of carbonyl (C=O) groups is 1. The molecule has 1 heterocycles. The minimum Gasteiger partial charge on any atom is -0.493 e. The first-order chi connectivity index (χ1) is 14.8. The molecule has 6 heteroatoms. The number of carboxylic acid groups (broad SMARTS) is 1. The fourth-order valence-corrected chi connectivity index (χ4v) is 4.57. The Morgan fingerprint density at radius 1 is 1.29 bits per heavy atom. The van der Waals surface area contributed by atoms with Gasteiger partial charge in [0, 0.05) is 28.5 Å². The van der Waals surface area contributed by atoms with Crippen LogP contribution in [0.5, 0.6) is 11.5 Å². The van der Waals surface area contributed by atoms with Gasteiger partial charge in [-0.3, -0.25) is 0 Å². The first kappa shape index (κ1) is 23.2. The van der Waals surface area contributed by atoms with Crippen LogP contribution in [0.1, 0.15) is 49.8 Å². The van der Waals surface area contributed by atoms with E-state index in [1.807, 2.05) is 25.1 Å². The first-order valence-electron chi connectivity index (χ1n) is 10.4. The first-order valence-corrected chi connectivity index (χ1v) is 10.8. The molecule has 2 aromatic rings. The van der Waals surface area contributed by atoms with Gasteiger partial charge in [-0.2, -0.15) is 0 Å². The Labute approximate surface area is 188 Å². The Morgan fingerprint density at radius 2 is 2.00 bits per heavy atom. The molecule has 1 aliphatic heterocycles. The summed E-state index contributed by atoms with van der Waals surface area (Å²) in [7, 11) is 1.50.